The number of nitrogens with zero attached hydrogens (tertiary/aromatic N) is 2. The van der Waals surface area contributed by atoms with Crippen molar-refractivity contribution in [3.05, 3.63) is 88.7 Å². The molecule has 1 aromatic heterocycles. The summed E-state index contributed by atoms with van der Waals surface area (Å²) in [6.45, 7) is -0.486. The summed E-state index contributed by atoms with van der Waals surface area (Å²) < 4.78 is 45.1. The molecule has 3 aromatic carbocycles. The second-order valence-corrected chi connectivity index (χ2v) is 7.24. The zero-order valence-electron chi connectivity index (χ0n) is 17.4. The quantitative estimate of drug-likeness (QED) is 0.474. The Labute approximate surface area is 186 Å². The minimum Gasteiger partial charge on any atom is -0.495 e. The molecule has 0 bridgehead atoms. The molecule has 0 unspecified atom stereocenters. The molecular formula is C24H18F3N3O3. The number of alkyl halides is 3. The molecule has 1 amide bonds. The van der Waals surface area contributed by atoms with Crippen LogP contribution >= 0.6 is 0 Å². The van der Waals surface area contributed by atoms with E-state index in [4.69, 9.17) is 4.74 Å². The number of ether oxygens (including phenoxy) is 1. The third-order valence-electron chi connectivity index (χ3n) is 5.01. The standard InChI is InChI=1S/C24H18F3N3O3/c1-33-21-10-8-18(24(25,26)27)13-20(21)28-22(31)14-30-23(32)11-9-19(29-30)17-7-6-15-4-2-3-5-16(15)12-17/h2-13H,14H2,1H3,(H,28,31). The van der Waals surface area contributed by atoms with Crippen molar-refractivity contribution in [1.82, 2.24) is 9.78 Å². The maximum atomic E-state index is 13.0. The molecule has 0 aliphatic carbocycles. The molecule has 0 saturated carbocycles. The summed E-state index contributed by atoms with van der Waals surface area (Å²) in [5.74, 6) is -0.667. The number of benzene rings is 3. The van der Waals surface area contributed by atoms with Gasteiger partial charge in [0, 0.05) is 11.6 Å². The lowest BCUT2D eigenvalue weighted by Crippen LogP contribution is -2.29. The van der Waals surface area contributed by atoms with Gasteiger partial charge in [-0.1, -0.05) is 36.4 Å². The Balaban J connectivity index is 1.59. The van der Waals surface area contributed by atoms with E-state index in [0.29, 0.717) is 5.69 Å². The first-order chi connectivity index (χ1) is 15.7. The van der Waals surface area contributed by atoms with Crippen molar-refractivity contribution in [3.8, 4) is 17.0 Å². The summed E-state index contributed by atoms with van der Waals surface area (Å²) in [5.41, 5.74) is -0.388. The van der Waals surface area contributed by atoms with Gasteiger partial charge in [-0.15, -0.1) is 0 Å². The average Bonchev–Trinajstić information content (AvgIpc) is 2.79. The smallest absolute Gasteiger partial charge is 0.416 e. The second-order valence-electron chi connectivity index (χ2n) is 7.24. The van der Waals surface area contributed by atoms with Crippen molar-refractivity contribution in [1.29, 1.82) is 0 Å². The minimum atomic E-state index is -4.58. The fourth-order valence-corrected chi connectivity index (χ4v) is 3.37. The Kier molecular flexibility index (Phi) is 5.87. The molecule has 168 valence electrons. The van der Waals surface area contributed by atoms with Crippen LogP contribution in [0.25, 0.3) is 22.0 Å². The van der Waals surface area contributed by atoms with Gasteiger partial charge in [0.15, 0.2) is 0 Å². The number of amides is 1. The Morgan fingerprint density at radius 3 is 2.48 bits per heavy atom. The van der Waals surface area contributed by atoms with E-state index >= 15 is 0 Å². The van der Waals surface area contributed by atoms with Gasteiger partial charge in [0.05, 0.1) is 24.1 Å². The first kappa shape index (κ1) is 22.1. The molecule has 0 spiro atoms. The number of nitrogens with one attached hydrogen (secondary N) is 1. The van der Waals surface area contributed by atoms with Gasteiger partial charge < -0.3 is 10.1 Å². The number of hydrogen-bond acceptors (Lipinski definition) is 4. The Bertz CT molecular complexity index is 1400. The third-order valence-corrected chi connectivity index (χ3v) is 5.01. The maximum Gasteiger partial charge on any atom is 0.416 e. The van der Waals surface area contributed by atoms with E-state index in [0.717, 1.165) is 39.2 Å². The summed E-state index contributed by atoms with van der Waals surface area (Å²) in [5, 5.41) is 8.67. The highest BCUT2D eigenvalue weighted by molar-refractivity contribution is 5.92. The van der Waals surface area contributed by atoms with Crippen LogP contribution in [0.15, 0.2) is 77.6 Å². The van der Waals surface area contributed by atoms with Crippen molar-refractivity contribution in [2.75, 3.05) is 12.4 Å². The molecule has 0 aliphatic rings. The molecule has 4 rings (SSSR count). The van der Waals surface area contributed by atoms with Gasteiger partial charge in [-0.25, -0.2) is 4.68 Å². The number of carbonyl (C=O) groups is 1. The van der Waals surface area contributed by atoms with Gasteiger partial charge in [-0.05, 0) is 41.1 Å². The van der Waals surface area contributed by atoms with Crippen LogP contribution in [0.3, 0.4) is 0 Å². The van der Waals surface area contributed by atoms with E-state index < -0.39 is 29.8 Å². The normalized spacial score (nSPS) is 11.4. The summed E-state index contributed by atoms with van der Waals surface area (Å²) in [6, 6.07) is 19.0. The first-order valence-electron chi connectivity index (χ1n) is 9.87. The van der Waals surface area contributed by atoms with Gasteiger partial charge in [-0.2, -0.15) is 18.3 Å². The SMILES string of the molecule is COc1ccc(C(F)(F)F)cc1NC(=O)Cn1nc(-c2ccc3ccccc3c2)ccc1=O. The Morgan fingerprint density at radius 1 is 1.00 bits per heavy atom. The lowest BCUT2D eigenvalue weighted by molar-refractivity contribution is -0.137. The number of methoxy groups -OCH3 is 1. The molecule has 4 aromatic rings. The van der Waals surface area contributed by atoms with Crippen LogP contribution in [0.5, 0.6) is 5.75 Å². The zero-order chi connectivity index (χ0) is 23.6. The summed E-state index contributed by atoms with van der Waals surface area (Å²) in [7, 11) is 1.28. The zero-order valence-corrected chi connectivity index (χ0v) is 17.4. The van der Waals surface area contributed by atoms with Crippen LogP contribution < -0.4 is 15.6 Å². The summed E-state index contributed by atoms with van der Waals surface area (Å²) in [6.07, 6.45) is -4.58. The van der Waals surface area contributed by atoms with Crippen LogP contribution in [0.4, 0.5) is 18.9 Å². The monoisotopic (exact) mass is 453 g/mol. The molecule has 0 atom stereocenters. The second kappa shape index (κ2) is 8.78. The molecule has 0 saturated heterocycles. The largest absolute Gasteiger partial charge is 0.495 e. The summed E-state index contributed by atoms with van der Waals surface area (Å²) in [4.78, 5) is 24.8. The lowest BCUT2D eigenvalue weighted by Gasteiger charge is -2.14. The highest BCUT2D eigenvalue weighted by atomic mass is 19.4. The van der Waals surface area contributed by atoms with Crippen molar-refractivity contribution >= 4 is 22.4 Å². The van der Waals surface area contributed by atoms with Crippen LogP contribution in [0.1, 0.15) is 5.56 Å². The van der Waals surface area contributed by atoms with Crippen molar-refractivity contribution in [2.45, 2.75) is 12.7 Å². The van der Waals surface area contributed by atoms with Crippen molar-refractivity contribution < 1.29 is 22.7 Å². The molecular weight excluding hydrogens is 435 g/mol. The lowest BCUT2D eigenvalue weighted by atomic mass is 10.1. The molecule has 33 heavy (non-hydrogen) atoms. The highest BCUT2D eigenvalue weighted by Gasteiger charge is 2.31. The number of halogens is 3. The van der Waals surface area contributed by atoms with E-state index in [9.17, 15) is 22.8 Å². The van der Waals surface area contributed by atoms with Crippen LogP contribution in [0, 0.1) is 0 Å². The fraction of sp³-hybridized carbons (Fsp3) is 0.125. The predicted octanol–water partition coefficient (Wildman–Crippen LogP) is 4.73. The van der Waals surface area contributed by atoms with E-state index in [2.05, 4.69) is 10.4 Å². The van der Waals surface area contributed by atoms with E-state index in [1.165, 1.54) is 13.2 Å². The molecule has 0 radical (unpaired) electrons. The van der Waals surface area contributed by atoms with Crippen molar-refractivity contribution in [3.63, 3.8) is 0 Å². The highest BCUT2D eigenvalue weighted by Crippen LogP contribution is 2.35. The molecule has 6 nitrogen and oxygen atoms in total. The van der Waals surface area contributed by atoms with Crippen molar-refractivity contribution in [2.24, 2.45) is 0 Å². The number of aromatic nitrogens is 2. The number of carbonyl (C=O) groups excluding carboxylic acids is 1. The van der Waals surface area contributed by atoms with Gasteiger partial charge >= 0.3 is 6.18 Å². The maximum absolute atomic E-state index is 13.0. The fourth-order valence-electron chi connectivity index (χ4n) is 3.37. The van der Waals surface area contributed by atoms with Gasteiger partial charge in [0.1, 0.15) is 12.3 Å². The topological polar surface area (TPSA) is 73.2 Å². The predicted molar refractivity (Wildman–Crippen MR) is 118 cm³/mol. The van der Waals surface area contributed by atoms with E-state index in [1.807, 2.05) is 42.5 Å². The number of fused-ring (bicyclic) bond motifs is 1. The Hall–Kier alpha value is -4.14. The van der Waals surface area contributed by atoms with Gasteiger partial charge in [0.2, 0.25) is 5.91 Å². The summed E-state index contributed by atoms with van der Waals surface area (Å²) >= 11 is 0. The molecule has 0 fully saturated rings. The number of anilines is 1. The molecule has 0 aliphatic heterocycles. The average molecular weight is 453 g/mol. The van der Waals surface area contributed by atoms with Gasteiger partial charge in [-0.3, -0.25) is 9.59 Å². The third kappa shape index (κ3) is 4.87. The molecule has 1 heterocycles. The number of rotatable bonds is 5. The molecule has 1 N–H and O–H groups in total. The van der Waals surface area contributed by atoms with Gasteiger partial charge in [0.25, 0.3) is 5.56 Å². The van der Waals surface area contributed by atoms with E-state index in [-0.39, 0.29) is 11.4 Å². The molecule has 9 heteroatoms. The van der Waals surface area contributed by atoms with Crippen LogP contribution in [0.2, 0.25) is 0 Å². The van der Waals surface area contributed by atoms with Crippen LogP contribution in [-0.4, -0.2) is 22.8 Å². The minimum absolute atomic E-state index is 0.0570. The van der Waals surface area contributed by atoms with Crippen LogP contribution in [-0.2, 0) is 17.5 Å². The number of hydrogen-bond donors (Lipinski definition) is 1. The van der Waals surface area contributed by atoms with E-state index in [1.54, 1.807) is 6.07 Å². The Morgan fingerprint density at radius 2 is 1.76 bits per heavy atom. The first-order valence-corrected chi connectivity index (χ1v) is 9.87.